The van der Waals surface area contributed by atoms with Crippen LogP contribution in [0.25, 0.3) is 87.6 Å². The van der Waals surface area contributed by atoms with Crippen LogP contribution in [0.3, 0.4) is 0 Å². The number of hydrogen-bond acceptors (Lipinski definition) is 6. The highest BCUT2D eigenvalue weighted by molar-refractivity contribution is 7.48. The smallest absolute Gasteiger partial charge is 0.395 e. The van der Waals surface area contributed by atoms with Crippen molar-refractivity contribution < 1.29 is 37.0 Å². The van der Waals surface area contributed by atoms with Crippen LogP contribution in [-0.4, -0.2) is 9.79 Å². The van der Waals surface area contributed by atoms with Gasteiger partial charge in [-0.15, -0.1) is 0 Å². The third-order valence-corrected chi connectivity index (χ3v) is 13.7. The molecule has 0 spiro atoms. The summed E-state index contributed by atoms with van der Waals surface area (Å²) in [5, 5.41) is 7.25. The van der Waals surface area contributed by atoms with E-state index in [1.54, 1.807) is 12.1 Å². The Labute approximate surface area is 378 Å². The summed E-state index contributed by atoms with van der Waals surface area (Å²) >= 11 is 0. The van der Waals surface area contributed by atoms with E-state index in [9.17, 15) is 18.9 Å². The molecule has 0 bridgehead atoms. The van der Waals surface area contributed by atoms with Crippen molar-refractivity contribution in [3.05, 3.63) is 193 Å². The molecule has 0 saturated carbocycles. The Hall–Kier alpha value is -8.06. The maximum absolute atomic E-state index is 13.5. The predicted molar refractivity (Wildman–Crippen MR) is 261 cm³/mol. The Morgan fingerprint density at radius 1 is 0.364 bits per heavy atom. The van der Waals surface area contributed by atoms with Gasteiger partial charge < -0.3 is 18.1 Å². The highest BCUT2D eigenvalue weighted by Crippen LogP contribution is 2.61. The van der Waals surface area contributed by atoms with Crippen LogP contribution in [0.2, 0.25) is 0 Å². The lowest BCUT2D eigenvalue weighted by atomic mass is 9.88. The molecule has 0 saturated heterocycles. The molecule has 10 aromatic rings. The highest BCUT2D eigenvalue weighted by atomic mass is 31.2. The van der Waals surface area contributed by atoms with Crippen molar-refractivity contribution in [1.29, 1.82) is 0 Å². The topological polar surface area (TPSA) is 112 Å². The van der Waals surface area contributed by atoms with Gasteiger partial charge in [-0.25, -0.2) is 9.13 Å². The molecule has 2 atom stereocenters. The molecule has 2 unspecified atom stereocenters. The van der Waals surface area contributed by atoms with E-state index < -0.39 is 15.6 Å². The minimum atomic E-state index is -4.58. The molecule has 2 aliphatic heterocycles. The fourth-order valence-electron chi connectivity index (χ4n) is 9.13. The Morgan fingerprint density at radius 2 is 0.712 bits per heavy atom. The van der Waals surface area contributed by atoms with Crippen LogP contribution in [0.4, 0.5) is 0 Å². The first-order valence-electron chi connectivity index (χ1n) is 21.0. The normalized spacial score (nSPS) is 16.8. The molecule has 0 amide bonds. The van der Waals surface area contributed by atoms with Crippen molar-refractivity contribution >= 4 is 58.7 Å². The molecule has 10 heteroatoms. The maximum Gasteiger partial charge on any atom is 0.584 e. The van der Waals surface area contributed by atoms with Gasteiger partial charge in [-0.05, 0) is 115 Å². The Bertz CT molecular complexity index is 3670. The van der Waals surface area contributed by atoms with Crippen LogP contribution in [0, 0.1) is 23.7 Å². The van der Waals surface area contributed by atoms with Gasteiger partial charge in [-0.1, -0.05) is 145 Å². The first-order chi connectivity index (χ1) is 32.2. The van der Waals surface area contributed by atoms with Gasteiger partial charge in [-0.3, -0.25) is 9.79 Å². The number of phosphoric acid groups is 2. The zero-order valence-corrected chi connectivity index (χ0v) is 36.3. The summed E-state index contributed by atoms with van der Waals surface area (Å²) in [6, 6.07) is 57.7. The second kappa shape index (κ2) is 15.3. The highest BCUT2D eigenvalue weighted by Gasteiger charge is 2.37. The predicted octanol–water partition coefficient (Wildman–Crippen LogP) is 14.1. The zero-order chi connectivity index (χ0) is 44.6. The Balaban J connectivity index is 0.874. The minimum Gasteiger partial charge on any atom is -0.395 e. The van der Waals surface area contributed by atoms with Gasteiger partial charge in [0.15, 0.2) is 0 Å². The largest absolute Gasteiger partial charge is 0.584 e. The van der Waals surface area contributed by atoms with Crippen molar-refractivity contribution in [2.75, 3.05) is 0 Å². The van der Waals surface area contributed by atoms with E-state index >= 15 is 0 Å². The summed E-state index contributed by atoms with van der Waals surface area (Å²) in [6.45, 7) is 0. The van der Waals surface area contributed by atoms with E-state index in [1.165, 1.54) is 0 Å². The van der Waals surface area contributed by atoms with Crippen LogP contribution in [0.5, 0.6) is 23.0 Å². The van der Waals surface area contributed by atoms with E-state index in [2.05, 4.69) is 23.7 Å². The standard InChI is InChI=1S/C56H32O8P2/c57-65(58)61-49-31-29-37-13-3-7-17-43(37)51(49)53-45-19-9-5-15-41(45)33-47(55(53)63-65)39-25-21-35(22-26-39)11-1-2-12-36-23-27-40(28-24-36)48-34-42-16-6-10-20-46(42)54-52-44-18-8-4-14-38(44)30-32-50(52)62-66(59,60)64-56(48)54/h3-10,13-34H,(H,57,58)(H,59,60). The van der Waals surface area contributed by atoms with Gasteiger partial charge in [-0.2, -0.15) is 0 Å². The lowest BCUT2D eigenvalue weighted by molar-refractivity contribution is 0.293. The quantitative estimate of drug-likeness (QED) is 0.130. The number of rotatable bonds is 2. The van der Waals surface area contributed by atoms with E-state index in [-0.39, 0.29) is 23.0 Å². The first-order valence-corrected chi connectivity index (χ1v) is 24.0. The average molecular weight is 895 g/mol. The van der Waals surface area contributed by atoms with E-state index in [4.69, 9.17) is 18.1 Å². The summed E-state index contributed by atoms with van der Waals surface area (Å²) in [5.41, 5.74) is 6.97. The number of phosphoric ester groups is 2. The molecule has 0 radical (unpaired) electrons. The van der Waals surface area contributed by atoms with Gasteiger partial charge in [0.25, 0.3) is 0 Å². The van der Waals surface area contributed by atoms with Gasteiger partial charge >= 0.3 is 15.6 Å². The Kier molecular flexibility index (Phi) is 9.16. The molecule has 2 aliphatic rings. The third-order valence-electron chi connectivity index (χ3n) is 12.0. The van der Waals surface area contributed by atoms with Gasteiger partial charge in [0.05, 0.1) is 0 Å². The summed E-state index contributed by atoms with van der Waals surface area (Å²) in [4.78, 5) is 22.0. The molecule has 10 aromatic carbocycles. The second-order valence-corrected chi connectivity index (χ2v) is 18.6. The molecule has 12 rings (SSSR count). The molecule has 0 aromatic heterocycles. The number of fused-ring (bicyclic) bond motifs is 14. The van der Waals surface area contributed by atoms with Crippen LogP contribution < -0.4 is 18.1 Å². The van der Waals surface area contributed by atoms with E-state index in [1.807, 2.05) is 170 Å². The summed E-state index contributed by atoms with van der Waals surface area (Å²) in [5.74, 6) is 13.2. The molecule has 2 N–H and O–H groups in total. The molecule has 8 nitrogen and oxygen atoms in total. The summed E-state index contributed by atoms with van der Waals surface area (Å²) < 4.78 is 50.2. The van der Waals surface area contributed by atoms with Gasteiger partial charge in [0.1, 0.15) is 23.0 Å². The van der Waals surface area contributed by atoms with E-state index in [0.717, 1.165) is 65.3 Å². The van der Waals surface area contributed by atoms with Crippen molar-refractivity contribution in [3.63, 3.8) is 0 Å². The molecular weight excluding hydrogens is 863 g/mol. The molecule has 66 heavy (non-hydrogen) atoms. The number of hydrogen-bond donors (Lipinski definition) is 2. The first kappa shape index (κ1) is 39.5. The van der Waals surface area contributed by atoms with Crippen molar-refractivity contribution in [1.82, 2.24) is 0 Å². The van der Waals surface area contributed by atoms with E-state index in [0.29, 0.717) is 33.4 Å². The third kappa shape index (κ3) is 6.86. The molecule has 0 fully saturated rings. The zero-order valence-electron chi connectivity index (χ0n) is 34.6. The maximum atomic E-state index is 13.5. The number of benzene rings is 10. The fraction of sp³-hybridized carbons (Fsp3) is 0. The molecule has 0 aliphatic carbocycles. The lowest BCUT2D eigenvalue weighted by Crippen LogP contribution is -1.99. The van der Waals surface area contributed by atoms with Crippen molar-refractivity contribution in [2.24, 2.45) is 0 Å². The van der Waals surface area contributed by atoms with Crippen molar-refractivity contribution in [3.8, 4) is 91.2 Å². The average Bonchev–Trinajstić information content (AvgIpc) is 3.54. The molecular formula is C56H32O8P2. The van der Waals surface area contributed by atoms with Crippen molar-refractivity contribution in [2.45, 2.75) is 0 Å². The van der Waals surface area contributed by atoms with Gasteiger partial charge in [0, 0.05) is 44.5 Å². The SMILES string of the molecule is O=P1(O)Oc2ccc3ccccc3c2-c2c(c(-c3ccc(C#CC#Cc4ccc(-c5cc6ccccc6c6c5OP(=O)(O)Oc5ccc7ccccc7c5-6)cc4)cc3)cc3ccccc23)O1. The minimum absolute atomic E-state index is 0.259. The van der Waals surface area contributed by atoms with Gasteiger partial charge in [0.2, 0.25) is 0 Å². The monoisotopic (exact) mass is 894 g/mol. The second-order valence-electron chi connectivity index (χ2n) is 16.0. The van der Waals surface area contributed by atoms with Crippen LogP contribution >= 0.6 is 15.6 Å². The molecule has 314 valence electrons. The van der Waals surface area contributed by atoms with Crippen LogP contribution in [0.1, 0.15) is 11.1 Å². The van der Waals surface area contributed by atoms with Crippen LogP contribution in [0.15, 0.2) is 182 Å². The fourth-order valence-corrected chi connectivity index (χ4v) is 10.8. The lowest BCUT2D eigenvalue weighted by Gasteiger charge is -2.17. The summed E-state index contributed by atoms with van der Waals surface area (Å²) in [7, 11) is -9.15. The van der Waals surface area contributed by atoms with Crippen LogP contribution in [-0.2, 0) is 9.13 Å². The summed E-state index contributed by atoms with van der Waals surface area (Å²) in [6.07, 6.45) is 0. The molecule has 2 heterocycles. The Morgan fingerprint density at radius 3 is 1.11 bits per heavy atom.